The van der Waals surface area contributed by atoms with Gasteiger partial charge in [-0.2, -0.15) is 0 Å². The van der Waals surface area contributed by atoms with E-state index in [4.69, 9.17) is 9.47 Å². The summed E-state index contributed by atoms with van der Waals surface area (Å²) in [6, 6.07) is 5.58. The van der Waals surface area contributed by atoms with Gasteiger partial charge in [0.05, 0.1) is 12.5 Å². The SMILES string of the molecule is O=C(CNC(=O)C1CC(=O)N(c2ccc3c(c2)OCCO3)C1)NC1CC1. The molecule has 26 heavy (non-hydrogen) atoms. The van der Waals surface area contributed by atoms with Crippen LogP contribution in [0.15, 0.2) is 18.2 Å². The Balaban J connectivity index is 1.35. The van der Waals surface area contributed by atoms with Crippen LogP contribution >= 0.6 is 0 Å². The molecule has 3 aliphatic rings. The van der Waals surface area contributed by atoms with Crippen molar-refractivity contribution in [1.82, 2.24) is 10.6 Å². The van der Waals surface area contributed by atoms with E-state index in [1.54, 1.807) is 23.1 Å². The molecule has 138 valence electrons. The van der Waals surface area contributed by atoms with E-state index < -0.39 is 5.92 Å². The molecular weight excluding hydrogens is 338 g/mol. The number of nitrogens with one attached hydrogen (secondary N) is 2. The van der Waals surface area contributed by atoms with E-state index in [0.29, 0.717) is 30.4 Å². The van der Waals surface area contributed by atoms with Crippen molar-refractivity contribution in [2.75, 3.05) is 31.2 Å². The van der Waals surface area contributed by atoms with Gasteiger partial charge in [-0.15, -0.1) is 0 Å². The Labute approximate surface area is 150 Å². The van der Waals surface area contributed by atoms with Gasteiger partial charge in [0.25, 0.3) is 0 Å². The normalized spacial score (nSPS) is 21.5. The Morgan fingerprint density at radius 1 is 1.15 bits per heavy atom. The van der Waals surface area contributed by atoms with Gasteiger partial charge in [-0.25, -0.2) is 0 Å². The monoisotopic (exact) mass is 359 g/mol. The minimum atomic E-state index is -0.468. The van der Waals surface area contributed by atoms with Crippen LogP contribution in [0, 0.1) is 5.92 Å². The van der Waals surface area contributed by atoms with Crippen LogP contribution in [-0.4, -0.2) is 50.1 Å². The molecule has 1 aliphatic carbocycles. The first kappa shape index (κ1) is 16.7. The smallest absolute Gasteiger partial charge is 0.239 e. The number of fused-ring (bicyclic) bond motifs is 1. The molecule has 2 N–H and O–H groups in total. The number of amides is 3. The highest BCUT2D eigenvalue weighted by molar-refractivity contribution is 6.01. The fraction of sp³-hybridized carbons (Fsp3) is 0.500. The second-order valence-electron chi connectivity index (χ2n) is 6.79. The topological polar surface area (TPSA) is 97.0 Å². The third-order valence-electron chi connectivity index (χ3n) is 4.70. The zero-order valence-corrected chi connectivity index (χ0v) is 14.3. The molecule has 1 saturated carbocycles. The van der Waals surface area contributed by atoms with Crippen molar-refractivity contribution in [2.45, 2.75) is 25.3 Å². The summed E-state index contributed by atoms with van der Waals surface area (Å²) in [4.78, 5) is 37.9. The minimum Gasteiger partial charge on any atom is -0.486 e. The van der Waals surface area contributed by atoms with Gasteiger partial charge in [-0.3, -0.25) is 14.4 Å². The van der Waals surface area contributed by atoms with E-state index in [9.17, 15) is 14.4 Å². The van der Waals surface area contributed by atoms with Crippen LogP contribution in [0.4, 0.5) is 5.69 Å². The van der Waals surface area contributed by atoms with Gasteiger partial charge in [0.15, 0.2) is 11.5 Å². The van der Waals surface area contributed by atoms with Crippen LogP contribution in [-0.2, 0) is 14.4 Å². The number of anilines is 1. The van der Waals surface area contributed by atoms with Crippen LogP contribution in [0.3, 0.4) is 0 Å². The van der Waals surface area contributed by atoms with Gasteiger partial charge >= 0.3 is 0 Å². The van der Waals surface area contributed by atoms with Gasteiger partial charge in [0.2, 0.25) is 17.7 Å². The van der Waals surface area contributed by atoms with Crippen LogP contribution in [0.5, 0.6) is 11.5 Å². The number of rotatable bonds is 5. The van der Waals surface area contributed by atoms with Crippen LogP contribution in [0.2, 0.25) is 0 Å². The maximum atomic E-state index is 12.3. The Bertz CT molecular complexity index is 746. The molecule has 1 saturated heterocycles. The van der Waals surface area contributed by atoms with Gasteiger partial charge in [-0.05, 0) is 25.0 Å². The molecule has 0 aromatic heterocycles. The lowest BCUT2D eigenvalue weighted by Crippen LogP contribution is -2.40. The number of hydrogen-bond acceptors (Lipinski definition) is 5. The lowest BCUT2D eigenvalue weighted by Gasteiger charge is -2.22. The lowest BCUT2D eigenvalue weighted by atomic mass is 10.1. The standard InChI is InChI=1S/C18H21N3O5/c22-16(20-12-1-2-12)9-19-18(24)11-7-17(23)21(10-11)13-3-4-14-15(8-13)26-6-5-25-14/h3-4,8,11-12H,1-2,5-7,9-10H2,(H,19,24)(H,20,22). The molecule has 2 fully saturated rings. The Morgan fingerprint density at radius 2 is 1.92 bits per heavy atom. The summed E-state index contributed by atoms with van der Waals surface area (Å²) in [6.07, 6.45) is 2.13. The highest BCUT2D eigenvalue weighted by Crippen LogP contribution is 2.35. The number of hydrogen-bond donors (Lipinski definition) is 2. The van der Waals surface area contributed by atoms with Crippen molar-refractivity contribution in [3.8, 4) is 11.5 Å². The predicted octanol–water partition coefficient (Wildman–Crippen LogP) is 0.206. The lowest BCUT2D eigenvalue weighted by molar-refractivity contribution is -0.129. The third kappa shape index (κ3) is 3.58. The van der Waals surface area contributed by atoms with Gasteiger partial charge < -0.3 is 25.0 Å². The maximum absolute atomic E-state index is 12.3. The number of ether oxygens (including phenoxy) is 2. The summed E-state index contributed by atoms with van der Waals surface area (Å²) >= 11 is 0. The third-order valence-corrected chi connectivity index (χ3v) is 4.70. The fourth-order valence-electron chi connectivity index (χ4n) is 3.15. The molecule has 0 bridgehead atoms. The second kappa shape index (κ2) is 6.86. The van der Waals surface area contributed by atoms with Crippen molar-refractivity contribution in [3.63, 3.8) is 0 Å². The summed E-state index contributed by atoms with van der Waals surface area (Å²) in [5, 5.41) is 5.44. The van der Waals surface area contributed by atoms with E-state index in [1.165, 1.54) is 0 Å². The predicted molar refractivity (Wildman–Crippen MR) is 92.1 cm³/mol. The Morgan fingerprint density at radius 3 is 2.69 bits per heavy atom. The maximum Gasteiger partial charge on any atom is 0.239 e. The van der Waals surface area contributed by atoms with E-state index in [1.807, 2.05) is 0 Å². The molecule has 1 atom stereocenters. The van der Waals surface area contributed by atoms with Crippen molar-refractivity contribution in [2.24, 2.45) is 5.92 Å². The number of benzene rings is 1. The summed E-state index contributed by atoms with van der Waals surface area (Å²) in [5.74, 6) is 0.209. The molecule has 0 spiro atoms. The summed E-state index contributed by atoms with van der Waals surface area (Å²) in [6.45, 7) is 1.21. The van der Waals surface area contributed by atoms with Crippen LogP contribution in [0.1, 0.15) is 19.3 Å². The molecule has 1 aromatic rings. The molecule has 1 aromatic carbocycles. The van der Waals surface area contributed by atoms with Crippen molar-refractivity contribution < 1.29 is 23.9 Å². The number of carbonyl (C=O) groups is 3. The number of carbonyl (C=O) groups excluding carboxylic acids is 3. The quantitative estimate of drug-likeness (QED) is 0.783. The highest BCUT2D eigenvalue weighted by Gasteiger charge is 2.35. The first-order chi connectivity index (χ1) is 12.6. The molecule has 2 heterocycles. The van der Waals surface area contributed by atoms with Crippen LogP contribution in [0.25, 0.3) is 0 Å². The molecule has 3 amide bonds. The van der Waals surface area contributed by atoms with Crippen molar-refractivity contribution in [1.29, 1.82) is 0 Å². The van der Waals surface area contributed by atoms with E-state index in [2.05, 4.69) is 10.6 Å². The highest BCUT2D eigenvalue weighted by atomic mass is 16.6. The average Bonchev–Trinajstić information content (AvgIpc) is 3.38. The zero-order valence-electron chi connectivity index (χ0n) is 14.3. The first-order valence-corrected chi connectivity index (χ1v) is 8.87. The fourth-order valence-corrected chi connectivity index (χ4v) is 3.15. The van der Waals surface area contributed by atoms with Crippen LogP contribution < -0.4 is 25.0 Å². The van der Waals surface area contributed by atoms with Gasteiger partial charge in [0.1, 0.15) is 13.2 Å². The van der Waals surface area contributed by atoms with Gasteiger partial charge in [0, 0.05) is 30.8 Å². The zero-order chi connectivity index (χ0) is 18.1. The van der Waals surface area contributed by atoms with Gasteiger partial charge in [-0.1, -0.05) is 0 Å². The summed E-state index contributed by atoms with van der Waals surface area (Å²) in [5.41, 5.74) is 0.682. The summed E-state index contributed by atoms with van der Waals surface area (Å²) in [7, 11) is 0. The largest absolute Gasteiger partial charge is 0.486 e. The molecule has 2 aliphatic heterocycles. The Hall–Kier alpha value is -2.77. The van der Waals surface area contributed by atoms with E-state index >= 15 is 0 Å². The van der Waals surface area contributed by atoms with Crippen molar-refractivity contribution in [3.05, 3.63) is 18.2 Å². The second-order valence-corrected chi connectivity index (χ2v) is 6.79. The molecule has 8 nitrogen and oxygen atoms in total. The number of nitrogens with zero attached hydrogens (tertiary/aromatic N) is 1. The molecule has 8 heteroatoms. The van der Waals surface area contributed by atoms with E-state index in [0.717, 1.165) is 12.8 Å². The molecule has 1 unspecified atom stereocenters. The molecule has 4 rings (SSSR count). The minimum absolute atomic E-state index is 0.0515. The molecule has 0 radical (unpaired) electrons. The van der Waals surface area contributed by atoms with E-state index in [-0.39, 0.29) is 43.3 Å². The first-order valence-electron chi connectivity index (χ1n) is 8.87. The average molecular weight is 359 g/mol. The Kier molecular flexibility index (Phi) is 4.40. The summed E-state index contributed by atoms with van der Waals surface area (Å²) < 4.78 is 11.0. The molecular formula is C18H21N3O5. The van der Waals surface area contributed by atoms with Crippen molar-refractivity contribution >= 4 is 23.4 Å².